The molecule has 0 saturated heterocycles. The van der Waals surface area contributed by atoms with E-state index in [9.17, 15) is 14.0 Å². The normalized spacial score (nSPS) is 10.7. The number of amides is 1. The molecule has 0 aliphatic rings. The van der Waals surface area contributed by atoms with Gasteiger partial charge in [0.2, 0.25) is 0 Å². The van der Waals surface area contributed by atoms with Gasteiger partial charge in [-0.3, -0.25) is 9.59 Å². The van der Waals surface area contributed by atoms with Crippen LogP contribution in [0.2, 0.25) is 0 Å². The third-order valence-corrected chi connectivity index (χ3v) is 3.80. The number of hydrogen-bond donors (Lipinski definition) is 2. The Kier molecular flexibility index (Phi) is 3.70. The molecule has 0 spiro atoms. The van der Waals surface area contributed by atoms with Crippen molar-refractivity contribution in [2.75, 3.05) is 5.32 Å². The number of fused-ring (bicyclic) bond motifs is 1. The molecular weight excluding hydrogens is 295 g/mol. The quantitative estimate of drug-likeness (QED) is 0.716. The van der Waals surface area contributed by atoms with Gasteiger partial charge in [-0.25, -0.2) is 4.39 Å². The first-order valence-electron chi connectivity index (χ1n) is 7.16. The van der Waals surface area contributed by atoms with Crippen molar-refractivity contribution in [2.45, 2.75) is 13.8 Å². The Bertz CT molecular complexity index is 911. The van der Waals surface area contributed by atoms with E-state index >= 15 is 0 Å². The van der Waals surface area contributed by atoms with E-state index in [1.165, 1.54) is 19.1 Å². The van der Waals surface area contributed by atoms with Crippen molar-refractivity contribution >= 4 is 28.3 Å². The summed E-state index contributed by atoms with van der Waals surface area (Å²) >= 11 is 0. The predicted molar refractivity (Wildman–Crippen MR) is 87.4 cm³/mol. The zero-order valence-corrected chi connectivity index (χ0v) is 12.7. The average Bonchev–Trinajstić information content (AvgIpc) is 2.85. The summed E-state index contributed by atoms with van der Waals surface area (Å²) in [5.74, 6) is -0.683. The van der Waals surface area contributed by atoms with Crippen LogP contribution >= 0.6 is 0 Å². The van der Waals surface area contributed by atoms with Crippen LogP contribution in [0.5, 0.6) is 0 Å². The minimum Gasteiger partial charge on any atom is -0.350 e. The molecule has 0 unspecified atom stereocenters. The molecule has 0 fully saturated rings. The van der Waals surface area contributed by atoms with Crippen LogP contribution in [0.1, 0.15) is 33.3 Å². The van der Waals surface area contributed by atoms with Gasteiger partial charge in [-0.05, 0) is 61.9 Å². The molecule has 0 atom stereocenters. The molecule has 0 aliphatic carbocycles. The number of nitrogens with one attached hydrogen (secondary N) is 2. The van der Waals surface area contributed by atoms with Crippen molar-refractivity contribution in [1.82, 2.24) is 4.98 Å². The summed E-state index contributed by atoms with van der Waals surface area (Å²) in [5, 5.41) is 3.45. The molecule has 0 saturated carbocycles. The lowest BCUT2D eigenvalue weighted by Gasteiger charge is -2.05. The highest BCUT2D eigenvalue weighted by molar-refractivity contribution is 6.08. The lowest BCUT2D eigenvalue weighted by atomic mass is 10.1. The topological polar surface area (TPSA) is 62.0 Å². The number of aromatic nitrogens is 1. The Hall–Kier alpha value is -2.95. The van der Waals surface area contributed by atoms with E-state index < -0.39 is 0 Å². The zero-order chi connectivity index (χ0) is 16.6. The van der Waals surface area contributed by atoms with Gasteiger partial charge in [0, 0.05) is 22.2 Å². The first kappa shape index (κ1) is 15.0. The number of H-pyrrole nitrogens is 1. The molecule has 4 nitrogen and oxygen atoms in total. The van der Waals surface area contributed by atoms with Crippen molar-refractivity contribution in [2.24, 2.45) is 0 Å². The van der Waals surface area contributed by atoms with Gasteiger partial charge in [-0.1, -0.05) is 0 Å². The maximum Gasteiger partial charge on any atom is 0.272 e. The number of halogens is 1. The fourth-order valence-electron chi connectivity index (χ4n) is 2.51. The van der Waals surface area contributed by atoms with E-state index in [1.54, 1.807) is 37.3 Å². The van der Waals surface area contributed by atoms with Gasteiger partial charge in [0.15, 0.2) is 5.78 Å². The number of hydrogen-bond acceptors (Lipinski definition) is 2. The highest BCUT2D eigenvalue weighted by atomic mass is 19.1. The third kappa shape index (κ3) is 2.85. The molecule has 3 rings (SSSR count). The van der Waals surface area contributed by atoms with E-state index in [0.717, 1.165) is 0 Å². The average molecular weight is 310 g/mol. The summed E-state index contributed by atoms with van der Waals surface area (Å²) in [4.78, 5) is 26.7. The molecule has 1 heterocycles. The lowest BCUT2D eigenvalue weighted by molar-refractivity contribution is 0.101. The number of rotatable bonds is 3. The Morgan fingerprint density at radius 3 is 2.43 bits per heavy atom. The maximum absolute atomic E-state index is 13.3. The number of benzene rings is 2. The van der Waals surface area contributed by atoms with E-state index in [4.69, 9.17) is 0 Å². The number of aryl methyl sites for hydroxylation is 1. The Labute approximate surface area is 132 Å². The predicted octanol–water partition coefficient (Wildman–Crippen LogP) is 4.07. The molecule has 2 N–H and O–H groups in total. The number of ketones is 1. The lowest BCUT2D eigenvalue weighted by Crippen LogP contribution is -2.13. The first-order valence-corrected chi connectivity index (χ1v) is 7.16. The van der Waals surface area contributed by atoms with Crippen molar-refractivity contribution < 1.29 is 14.0 Å². The van der Waals surface area contributed by atoms with Crippen molar-refractivity contribution in [3.05, 3.63) is 65.1 Å². The summed E-state index contributed by atoms with van der Waals surface area (Å²) < 4.78 is 13.3. The van der Waals surface area contributed by atoms with Crippen LogP contribution in [0.4, 0.5) is 10.1 Å². The van der Waals surface area contributed by atoms with Crippen LogP contribution in [-0.4, -0.2) is 16.7 Å². The third-order valence-electron chi connectivity index (χ3n) is 3.80. The van der Waals surface area contributed by atoms with Crippen molar-refractivity contribution in [1.29, 1.82) is 0 Å². The minimum atomic E-state index is -0.341. The summed E-state index contributed by atoms with van der Waals surface area (Å²) in [5.41, 5.74) is 2.96. The van der Waals surface area contributed by atoms with Crippen molar-refractivity contribution in [3.63, 3.8) is 0 Å². The molecule has 0 radical (unpaired) electrons. The largest absolute Gasteiger partial charge is 0.350 e. The molecule has 0 aliphatic heterocycles. The molecule has 116 valence electrons. The highest BCUT2D eigenvalue weighted by Crippen LogP contribution is 2.23. The molecule has 0 bridgehead atoms. The summed E-state index contributed by atoms with van der Waals surface area (Å²) in [6.45, 7) is 3.26. The number of anilines is 1. The zero-order valence-electron chi connectivity index (χ0n) is 12.7. The summed E-state index contributed by atoms with van der Waals surface area (Å²) in [6, 6.07) is 11.0. The Balaban J connectivity index is 1.88. The highest BCUT2D eigenvalue weighted by Gasteiger charge is 2.15. The first-order chi connectivity index (χ1) is 11.0. The molecule has 23 heavy (non-hydrogen) atoms. The van der Waals surface area contributed by atoms with Crippen LogP contribution < -0.4 is 5.32 Å². The van der Waals surface area contributed by atoms with Crippen LogP contribution in [0.3, 0.4) is 0 Å². The number of Topliss-reactive ketones (excluding diaryl/α,β-unsaturated/α-hetero) is 1. The smallest absolute Gasteiger partial charge is 0.272 e. The Morgan fingerprint density at radius 1 is 1.09 bits per heavy atom. The fraction of sp³-hybridized carbons (Fsp3) is 0.111. The van der Waals surface area contributed by atoms with E-state index in [-0.39, 0.29) is 17.5 Å². The molecule has 1 aromatic heterocycles. The van der Waals surface area contributed by atoms with Gasteiger partial charge in [0.1, 0.15) is 11.5 Å². The minimum absolute atomic E-state index is 0.0311. The van der Waals surface area contributed by atoms with Gasteiger partial charge in [-0.15, -0.1) is 0 Å². The second-order valence-electron chi connectivity index (χ2n) is 5.40. The molecule has 5 heteroatoms. The van der Waals surface area contributed by atoms with Gasteiger partial charge in [0.05, 0.1) is 0 Å². The molecule has 1 amide bonds. The standard InChI is InChI=1S/C18H15FN2O2/c1-10-15-9-13(19)5-8-16(15)21-17(10)18(23)20-14-6-3-12(4-7-14)11(2)22/h3-9,21H,1-2H3,(H,20,23). The number of aromatic amines is 1. The Morgan fingerprint density at radius 2 is 1.78 bits per heavy atom. The van der Waals surface area contributed by atoms with Crippen LogP contribution in [0, 0.1) is 12.7 Å². The number of carbonyl (C=O) groups excluding carboxylic acids is 2. The number of carbonyl (C=O) groups is 2. The fourth-order valence-corrected chi connectivity index (χ4v) is 2.51. The summed E-state index contributed by atoms with van der Waals surface area (Å²) in [6.07, 6.45) is 0. The van der Waals surface area contributed by atoms with Crippen LogP contribution in [0.15, 0.2) is 42.5 Å². The van der Waals surface area contributed by atoms with Crippen LogP contribution in [0.25, 0.3) is 10.9 Å². The van der Waals surface area contributed by atoms with E-state index in [1.807, 2.05) is 0 Å². The molecular formula is C18H15FN2O2. The van der Waals surface area contributed by atoms with Gasteiger partial charge in [0.25, 0.3) is 5.91 Å². The van der Waals surface area contributed by atoms with Crippen molar-refractivity contribution in [3.8, 4) is 0 Å². The van der Waals surface area contributed by atoms with Gasteiger partial charge >= 0.3 is 0 Å². The second kappa shape index (κ2) is 5.68. The van der Waals surface area contributed by atoms with E-state index in [0.29, 0.717) is 33.4 Å². The molecule has 3 aromatic rings. The van der Waals surface area contributed by atoms with Crippen LogP contribution in [-0.2, 0) is 0 Å². The maximum atomic E-state index is 13.3. The van der Waals surface area contributed by atoms with E-state index in [2.05, 4.69) is 10.3 Å². The SMILES string of the molecule is CC(=O)c1ccc(NC(=O)c2[nH]c3ccc(F)cc3c2C)cc1. The second-order valence-corrected chi connectivity index (χ2v) is 5.40. The van der Waals surface area contributed by atoms with Gasteiger partial charge < -0.3 is 10.3 Å². The molecule has 2 aromatic carbocycles. The monoisotopic (exact) mass is 310 g/mol. The summed E-state index contributed by atoms with van der Waals surface area (Å²) in [7, 11) is 0. The van der Waals surface area contributed by atoms with Gasteiger partial charge in [-0.2, -0.15) is 0 Å².